The van der Waals surface area contributed by atoms with Gasteiger partial charge < -0.3 is 0 Å². The van der Waals surface area contributed by atoms with Crippen molar-refractivity contribution in [3.05, 3.63) is 12.4 Å². The molecule has 0 saturated heterocycles. The van der Waals surface area contributed by atoms with Gasteiger partial charge in [0, 0.05) is 0 Å². The third-order valence-corrected chi connectivity index (χ3v) is 1.97. The van der Waals surface area contributed by atoms with Crippen LogP contribution in [0.4, 0.5) is 5.69 Å². The molecule has 0 aliphatic carbocycles. The Hall–Kier alpha value is -0.830. The Labute approximate surface area is 67.6 Å². The van der Waals surface area contributed by atoms with Gasteiger partial charge in [0.1, 0.15) is 6.20 Å². The van der Waals surface area contributed by atoms with Crippen LogP contribution in [0.15, 0.2) is 12.4 Å². The maximum atomic E-state index is 3.93. The quantitative estimate of drug-likeness (QED) is 0.655. The molecule has 1 rings (SSSR count). The SMILES string of the molecule is CCC[N+](C)(C)c1cn[nH]c1. The Balaban J connectivity index is 2.73. The third-order valence-electron chi connectivity index (χ3n) is 1.97. The van der Waals surface area contributed by atoms with Crippen LogP contribution < -0.4 is 4.48 Å². The van der Waals surface area contributed by atoms with Gasteiger partial charge in [0.2, 0.25) is 0 Å². The molecule has 0 atom stereocenters. The maximum absolute atomic E-state index is 3.93. The highest BCUT2D eigenvalue weighted by Crippen LogP contribution is 2.15. The lowest BCUT2D eigenvalue weighted by Crippen LogP contribution is -2.40. The summed E-state index contributed by atoms with van der Waals surface area (Å²) in [5.41, 5.74) is 1.24. The Morgan fingerprint density at radius 3 is 2.73 bits per heavy atom. The van der Waals surface area contributed by atoms with Gasteiger partial charge in [0.15, 0.2) is 5.69 Å². The molecule has 1 aromatic rings. The van der Waals surface area contributed by atoms with Crippen molar-refractivity contribution in [3.8, 4) is 0 Å². The molecule has 3 nitrogen and oxygen atoms in total. The molecule has 3 heteroatoms. The van der Waals surface area contributed by atoms with Gasteiger partial charge in [-0.25, -0.2) is 0 Å². The van der Waals surface area contributed by atoms with E-state index in [0.717, 1.165) is 11.0 Å². The number of aromatic nitrogens is 2. The lowest BCUT2D eigenvalue weighted by atomic mass is 10.3. The molecule has 11 heavy (non-hydrogen) atoms. The van der Waals surface area contributed by atoms with E-state index in [-0.39, 0.29) is 0 Å². The molecule has 1 aromatic heterocycles. The molecule has 0 unspecified atom stereocenters. The molecule has 0 bridgehead atoms. The summed E-state index contributed by atoms with van der Waals surface area (Å²) in [6.07, 6.45) is 5.03. The van der Waals surface area contributed by atoms with E-state index in [1.54, 1.807) is 0 Å². The zero-order valence-electron chi connectivity index (χ0n) is 7.46. The largest absolute Gasteiger partial charge is 0.293 e. The molecule has 0 saturated carbocycles. The van der Waals surface area contributed by atoms with Gasteiger partial charge >= 0.3 is 0 Å². The second-order valence-electron chi connectivity index (χ2n) is 3.37. The summed E-state index contributed by atoms with van der Waals surface area (Å²) >= 11 is 0. The fourth-order valence-electron chi connectivity index (χ4n) is 1.26. The van der Waals surface area contributed by atoms with E-state index in [1.165, 1.54) is 12.1 Å². The van der Waals surface area contributed by atoms with Crippen LogP contribution in [0.2, 0.25) is 0 Å². The molecule has 1 heterocycles. The van der Waals surface area contributed by atoms with Crippen LogP contribution >= 0.6 is 0 Å². The molecule has 62 valence electrons. The second-order valence-corrected chi connectivity index (χ2v) is 3.37. The van der Waals surface area contributed by atoms with Crippen molar-refractivity contribution >= 4 is 5.69 Å². The Bertz CT molecular complexity index is 201. The molecule has 0 spiro atoms. The van der Waals surface area contributed by atoms with Crippen LogP contribution in [0.5, 0.6) is 0 Å². The molecule has 0 aliphatic heterocycles. The van der Waals surface area contributed by atoms with E-state index >= 15 is 0 Å². The topological polar surface area (TPSA) is 28.7 Å². The lowest BCUT2D eigenvalue weighted by molar-refractivity contribution is 0.398. The van der Waals surface area contributed by atoms with Crippen molar-refractivity contribution in [2.75, 3.05) is 20.6 Å². The standard InChI is InChI=1S/C8H16N3/c1-4-5-11(2,3)8-6-9-10-7-8/h6-7H,4-5H2,1-3H3,(H,9,10)/q+1. The first-order valence-electron chi connectivity index (χ1n) is 3.99. The van der Waals surface area contributed by atoms with Gasteiger partial charge in [0.25, 0.3) is 0 Å². The van der Waals surface area contributed by atoms with Crippen LogP contribution in [0.1, 0.15) is 13.3 Å². The van der Waals surface area contributed by atoms with Crippen LogP contribution in [0.25, 0.3) is 0 Å². The predicted molar refractivity (Wildman–Crippen MR) is 47.4 cm³/mol. The average molecular weight is 154 g/mol. The fourth-order valence-corrected chi connectivity index (χ4v) is 1.26. The number of hydrogen-bond acceptors (Lipinski definition) is 1. The van der Waals surface area contributed by atoms with Gasteiger partial charge in [-0.15, -0.1) is 0 Å². The minimum atomic E-state index is 0.910. The van der Waals surface area contributed by atoms with E-state index in [0.29, 0.717) is 0 Å². The van der Waals surface area contributed by atoms with E-state index < -0.39 is 0 Å². The molecular formula is C8H16N3+. The zero-order chi connectivity index (χ0) is 8.32. The van der Waals surface area contributed by atoms with Crippen molar-refractivity contribution in [1.82, 2.24) is 14.7 Å². The number of nitrogens with one attached hydrogen (secondary N) is 1. The molecule has 0 radical (unpaired) electrons. The Morgan fingerprint density at radius 1 is 1.55 bits per heavy atom. The highest BCUT2D eigenvalue weighted by Gasteiger charge is 2.17. The van der Waals surface area contributed by atoms with Gasteiger partial charge in [-0.3, -0.25) is 9.58 Å². The fraction of sp³-hybridized carbons (Fsp3) is 0.625. The highest BCUT2D eigenvalue weighted by molar-refractivity contribution is 5.35. The monoisotopic (exact) mass is 154 g/mol. The second kappa shape index (κ2) is 3.05. The number of nitrogens with zero attached hydrogens (tertiary/aromatic N) is 2. The molecule has 0 amide bonds. The number of H-pyrrole nitrogens is 1. The highest BCUT2D eigenvalue weighted by atomic mass is 15.3. The van der Waals surface area contributed by atoms with Gasteiger partial charge in [-0.2, -0.15) is 5.10 Å². The first-order valence-corrected chi connectivity index (χ1v) is 3.99. The summed E-state index contributed by atoms with van der Waals surface area (Å²) in [6, 6.07) is 0. The summed E-state index contributed by atoms with van der Waals surface area (Å²) in [4.78, 5) is 0. The molecule has 0 fully saturated rings. The number of rotatable bonds is 3. The van der Waals surface area contributed by atoms with Gasteiger partial charge in [-0.1, -0.05) is 6.92 Å². The number of hydrogen-bond donors (Lipinski definition) is 1. The maximum Gasteiger partial charge on any atom is 0.170 e. The van der Waals surface area contributed by atoms with Gasteiger partial charge in [0.05, 0.1) is 26.8 Å². The smallest absolute Gasteiger partial charge is 0.170 e. The van der Waals surface area contributed by atoms with E-state index in [4.69, 9.17) is 0 Å². The number of aromatic amines is 1. The minimum absolute atomic E-state index is 0.910. The van der Waals surface area contributed by atoms with Crippen molar-refractivity contribution < 1.29 is 0 Å². The van der Waals surface area contributed by atoms with Gasteiger partial charge in [-0.05, 0) is 6.42 Å². The summed E-state index contributed by atoms with van der Waals surface area (Å²) in [5.74, 6) is 0. The Kier molecular flexibility index (Phi) is 2.29. The van der Waals surface area contributed by atoms with Crippen molar-refractivity contribution in [3.63, 3.8) is 0 Å². The molecule has 0 aliphatic rings. The third kappa shape index (κ3) is 1.80. The summed E-state index contributed by atoms with van der Waals surface area (Å²) in [6.45, 7) is 3.35. The van der Waals surface area contributed by atoms with E-state index in [9.17, 15) is 0 Å². The van der Waals surface area contributed by atoms with Crippen LogP contribution in [0, 0.1) is 0 Å². The number of quaternary nitrogens is 1. The Morgan fingerprint density at radius 2 is 2.27 bits per heavy atom. The summed E-state index contributed by atoms with van der Waals surface area (Å²) in [5, 5.41) is 6.76. The first kappa shape index (κ1) is 8.27. The first-order chi connectivity index (χ1) is 5.17. The predicted octanol–water partition coefficient (Wildman–Crippen LogP) is 1.39. The van der Waals surface area contributed by atoms with Crippen molar-refractivity contribution in [2.24, 2.45) is 0 Å². The van der Waals surface area contributed by atoms with E-state index in [2.05, 4.69) is 31.2 Å². The van der Waals surface area contributed by atoms with Crippen molar-refractivity contribution in [2.45, 2.75) is 13.3 Å². The van der Waals surface area contributed by atoms with Crippen LogP contribution in [-0.4, -0.2) is 30.8 Å². The molecular weight excluding hydrogens is 138 g/mol. The lowest BCUT2D eigenvalue weighted by Gasteiger charge is -2.26. The minimum Gasteiger partial charge on any atom is -0.293 e. The summed E-state index contributed by atoms with van der Waals surface area (Å²) in [7, 11) is 4.38. The van der Waals surface area contributed by atoms with Crippen molar-refractivity contribution in [1.29, 1.82) is 0 Å². The molecule has 1 N–H and O–H groups in total. The van der Waals surface area contributed by atoms with E-state index in [1.807, 2.05) is 12.4 Å². The van der Waals surface area contributed by atoms with Crippen LogP contribution in [0.3, 0.4) is 0 Å². The molecule has 0 aromatic carbocycles. The normalized spacial score (nSPS) is 11.9. The zero-order valence-corrected chi connectivity index (χ0v) is 7.46. The van der Waals surface area contributed by atoms with Crippen LogP contribution in [-0.2, 0) is 0 Å². The summed E-state index contributed by atoms with van der Waals surface area (Å²) < 4.78 is 0.910. The average Bonchev–Trinajstić information content (AvgIpc) is 2.37.